The van der Waals surface area contributed by atoms with Crippen molar-refractivity contribution < 1.29 is 32.2 Å². The number of ether oxygens (including phenoxy) is 3. The summed E-state index contributed by atoms with van der Waals surface area (Å²) >= 11 is 0. The van der Waals surface area contributed by atoms with Crippen molar-refractivity contribution in [2.45, 2.75) is 94.9 Å². The van der Waals surface area contributed by atoms with E-state index in [2.05, 4.69) is 40.9 Å². The van der Waals surface area contributed by atoms with E-state index < -0.39 is 27.9 Å². The predicted octanol–water partition coefficient (Wildman–Crippen LogP) is 6.19. The SMILES string of the molecule is COc1ccc2cc(S(=O)(=O)NCCC(=O)N[C@@H](C(=O)N(C)C(C)C)[C@H](c3ccc(CN4[C@H](C)CCC[C@@H]4C)cc3)c3ccc4c(c3)OCO4)ccc2c1. The van der Waals surface area contributed by atoms with Crippen LogP contribution in [0.5, 0.6) is 17.2 Å². The molecule has 2 heterocycles. The Balaban J connectivity index is 1.24. The van der Waals surface area contributed by atoms with Gasteiger partial charge in [0.25, 0.3) is 0 Å². The van der Waals surface area contributed by atoms with E-state index >= 15 is 0 Å². The van der Waals surface area contributed by atoms with Crippen LogP contribution in [-0.2, 0) is 26.2 Å². The summed E-state index contributed by atoms with van der Waals surface area (Å²) in [5.41, 5.74) is 2.80. The van der Waals surface area contributed by atoms with Gasteiger partial charge in [0, 0.05) is 50.6 Å². The first-order chi connectivity index (χ1) is 25.8. The summed E-state index contributed by atoms with van der Waals surface area (Å²) in [5.74, 6) is 0.533. The smallest absolute Gasteiger partial charge is 0.246 e. The number of carbonyl (C=O) groups is 2. The number of sulfonamides is 1. The average Bonchev–Trinajstić information content (AvgIpc) is 3.64. The summed E-state index contributed by atoms with van der Waals surface area (Å²) in [7, 11) is -0.629. The molecule has 2 amide bonds. The largest absolute Gasteiger partial charge is 0.497 e. The Bertz CT molecular complexity index is 2060. The molecule has 12 heteroatoms. The summed E-state index contributed by atoms with van der Waals surface area (Å²) < 4.78 is 45.7. The molecule has 288 valence electrons. The van der Waals surface area contributed by atoms with Crippen molar-refractivity contribution in [2.75, 3.05) is 27.5 Å². The second-order valence-electron chi connectivity index (χ2n) is 14.7. The van der Waals surface area contributed by atoms with E-state index in [-0.39, 0.29) is 36.6 Å². The molecule has 2 aliphatic rings. The van der Waals surface area contributed by atoms with Gasteiger partial charge in [-0.05, 0) is 104 Å². The highest BCUT2D eigenvalue weighted by Crippen LogP contribution is 2.38. The van der Waals surface area contributed by atoms with Gasteiger partial charge in [0.1, 0.15) is 11.8 Å². The van der Waals surface area contributed by atoms with Crippen molar-refractivity contribution in [2.24, 2.45) is 0 Å². The number of carbonyl (C=O) groups excluding carboxylic acids is 2. The van der Waals surface area contributed by atoms with E-state index in [9.17, 15) is 18.0 Å². The lowest BCUT2D eigenvalue weighted by Crippen LogP contribution is -2.52. The normalized spacial score (nSPS) is 18.4. The maximum atomic E-state index is 14.3. The van der Waals surface area contributed by atoms with Gasteiger partial charge in [0.2, 0.25) is 28.6 Å². The van der Waals surface area contributed by atoms with Gasteiger partial charge in [-0.25, -0.2) is 13.1 Å². The fraction of sp³-hybridized carbons (Fsp3) is 0.429. The lowest BCUT2D eigenvalue weighted by Gasteiger charge is -2.39. The summed E-state index contributed by atoms with van der Waals surface area (Å²) in [6.07, 6.45) is 3.43. The molecule has 2 N–H and O–H groups in total. The zero-order chi connectivity index (χ0) is 38.6. The van der Waals surface area contributed by atoms with Crippen molar-refractivity contribution in [3.8, 4) is 17.2 Å². The average molecular weight is 757 g/mol. The van der Waals surface area contributed by atoms with E-state index in [1.807, 2.05) is 50.2 Å². The number of fused-ring (bicyclic) bond motifs is 2. The first-order valence-electron chi connectivity index (χ1n) is 18.7. The van der Waals surface area contributed by atoms with Crippen LogP contribution in [0.3, 0.4) is 0 Å². The standard InChI is InChI=1S/C42H52N4O7S/c1-27(2)45(5)42(48)41(44-39(47)20-21-43-54(49,50)36-18-15-32-22-35(51-6)17-14-33(32)23-36)40(34-16-19-37-38(24-34)53-26-52-37)31-12-10-30(11-13-31)25-46-28(3)8-7-9-29(46)4/h10-19,22-24,27-29,40-41,43H,7-9,20-21,25-26H2,1-6H3,(H,44,47)/t28-,29+,40-,41-/m1/s1. The number of nitrogens with zero attached hydrogens (tertiary/aromatic N) is 2. The van der Waals surface area contributed by atoms with E-state index in [0.29, 0.717) is 29.3 Å². The lowest BCUT2D eigenvalue weighted by molar-refractivity contribution is -0.137. The quantitative estimate of drug-likeness (QED) is 0.156. The number of nitrogens with one attached hydrogen (secondary N) is 2. The van der Waals surface area contributed by atoms with Crippen molar-refractivity contribution in [1.29, 1.82) is 0 Å². The monoisotopic (exact) mass is 756 g/mol. The third-order valence-corrected chi connectivity index (χ3v) is 12.3. The highest BCUT2D eigenvalue weighted by atomic mass is 32.2. The van der Waals surface area contributed by atoms with Gasteiger partial charge in [-0.2, -0.15) is 0 Å². The first kappa shape index (κ1) is 39.1. The molecule has 0 saturated carbocycles. The van der Waals surface area contributed by atoms with Gasteiger partial charge in [-0.1, -0.05) is 48.9 Å². The third-order valence-electron chi connectivity index (χ3n) is 10.8. The topological polar surface area (TPSA) is 127 Å². The second-order valence-corrected chi connectivity index (χ2v) is 16.5. The lowest BCUT2D eigenvalue weighted by atomic mass is 9.83. The zero-order valence-electron chi connectivity index (χ0n) is 32.0. The molecule has 0 bridgehead atoms. The molecule has 0 aliphatic carbocycles. The molecular formula is C42H52N4O7S. The minimum absolute atomic E-state index is 0.0858. The highest BCUT2D eigenvalue weighted by Gasteiger charge is 2.36. The van der Waals surface area contributed by atoms with Crippen LogP contribution in [0.15, 0.2) is 83.8 Å². The Morgan fingerprint density at radius 2 is 1.56 bits per heavy atom. The fourth-order valence-electron chi connectivity index (χ4n) is 7.40. The van der Waals surface area contributed by atoms with Gasteiger partial charge >= 0.3 is 0 Å². The molecule has 4 aromatic carbocycles. The van der Waals surface area contributed by atoms with Gasteiger partial charge < -0.3 is 24.4 Å². The highest BCUT2D eigenvalue weighted by molar-refractivity contribution is 7.89. The van der Waals surface area contributed by atoms with Crippen LogP contribution >= 0.6 is 0 Å². The van der Waals surface area contributed by atoms with Gasteiger partial charge in [-0.3, -0.25) is 14.5 Å². The molecule has 4 aromatic rings. The summed E-state index contributed by atoms with van der Waals surface area (Å²) in [5, 5.41) is 4.59. The van der Waals surface area contributed by atoms with E-state index in [1.165, 1.54) is 30.9 Å². The first-order valence-corrected chi connectivity index (χ1v) is 20.2. The van der Waals surface area contributed by atoms with Crippen LogP contribution in [0.4, 0.5) is 0 Å². The number of amides is 2. The molecule has 0 radical (unpaired) electrons. The number of hydrogen-bond donors (Lipinski definition) is 2. The number of hydrogen-bond acceptors (Lipinski definition) is 8. The Labute approximate surface area is 319 Å². The van der Waals surface area contributed by atoms with E-state index in [1.54, 1.807) is 43.3 Å². The van der Waals surface area contributed by atoms with Crippen LogP contribution in [0, 0.1) is 0 Å². The van der Waals surface area contributed by atoms with Crippen LogP contribution in [0.1, 0.15) is 76.0 Å². The minimum Gasteiger partial charge on any atom is -0.497 e. The molecular weight excluding hydrogens is 705 g/mol. The number of piperidine rings is 1. The van der Waals surface area contributed by atoms with Crippen molar-refractivity contribution >= 4 is 32.6 Å². The van der Waals surface area contributed by atoms with Crippen LogP contribution in [0.25, 0.3) is 10.8 Å². The molecule has 2 aliphatic heterocycles. The fourth-order valence-corrected chi connectivity index (χ4v) is 8.46. The molecule has 0 unspecified atom stereocenters. The number of benzene rings is 4. The number of rotatable bonds is 14. The van der Waals surface area contributed by atoms with Crippen molar-refractivity contribution in [1.82, 2.24) is 19.8 Å². The maximum Gasteiger partial charge on any atom is 0.246 e. The Hall–Kier alpha value is -4.65. The molecule has 0 aromatic heterocycles. The Morgan fingerprint density at radius 1 is 0.889 bits per heavy atom. The number of likely N-dealkylation sites (tertiary alicyclic amines) is 1. The molecule has 0 spiro atoms. The molecule has 6 rings (SSSR count). The molecule has 54 heavy (non-hydrogen) atoms. The molecule has 4 atom stereocenters. The Kier molecular flexibility index (Phi) is 12.1. The molecule has 1 fully saturated rings. The summed E-state index contributed by atoms with van der Waals surface area (Å²) in [4.78, 5) is 32.3. The van der Waals surface area contributed by atoms with Crippen LogP contribution in [0.2, 0.25) is 0 Å². The third kappa shape index (κ3) is 8.83. The van der Waals surface area contributed by atoms with Crippen LogP contribution < -0.4 is 24.2 Å². The van der Waals surface area contributed by atoms with Crippen molar-refractivity contribution in [3.05, 3.63) is 95.6 Å². The van der Waals surface area contributed by atoms with Gasteiger partial charge in [0.15, 0.2) is 11.5 Å². The summed E-state index contributed by atoms with van der Waals surface area (Å²) in [6.45, 7) is 9.18. The maximum absolute atomic E-state index is 14.3. The number of methoxy groups -OCH3 is 1. The summed E-state index contributed by atoms with van der Waals surface area (Å²) in [6, 6.07) is 24.0. The van der Waals surface area contributed by atoms with Gasteiger partial charge in [0.05, 0.1) is 12.0 Å². The van der Waals surface area contributed by atoms with E-state index in [4.69, 9.17) is 14.2 Å². The Morgan fingerprint density at radius 3 is 2.26 bits per heavy atom. The predicted molar refractivity (Wildman–Crippen MR) is 209 cm³/mol. The van der Waals surface area contributed by atoms with Crippen molar-refractivity contribution in [3.63, 3.8) is 0 Å². The van der Waals surface area contributed by atoms with E-state index in [0.717, 1.165) is 28.4 Å². The number of likely N-dealkylation sites (N-methyl/N-ethyl adjacent to an activating group) is 1. The molecule has 11 nitrogen and oxygen atoms in total. The second kappa shape index (κ2) is 16.8. The van der Waals surface area contributed by atoms with Gasteiger partial charge in [-0.15, -0.1) is 0 Å². The minimum atomic E-state index is -3.93. The zero-order valence-corrected chi connectivity index (χ0v) is 32.8. The van der Waals surface area contributed by atoms with Crippen LogP contribution in [-0.4, -0.2) is 81.7 Å². The molecule has 1 saturated heterocycles.